The van der Waals surface area contributed by atoms with Crippen molar-refractivity contribution >= 4 is 11.6 Å². The van der Waals surface area contributed by atoms with Crippen LogP contribution in [-0.2, 0) is 6.42 Å². The van der Waals surface area contributed by atoms with Crippen LogP contribution in [0.1, 0.15) is 24.0 Å². The quantitative estimate of drug-likeness (QED) is 0.564. The Hall–Kier alpha value is -1.04. The number of alkyl halides is 6. The van der Waals surface area contributed by atoms with Crippen molar-refractivity contribution in [3.8, 4) is 5.75 Å². The Balaban J connectivity index is 2.97. The molecule has 18 heavy (non-hydrogen) atoms. The lowest BCUT2D eigenvalue weighted by molar-refractivity contribution is -0.274. The van der Waals surface area contributed by atoms with E-state index in [1.165, 1.54) is 0 Å². The van der Waals surface area contributed by atoms with Crippen LogP contribution in [0.5, 0.6) is 5.75 Å². The lowest BCUT2D eigenvalue weighted by atomic mass is 10.0. The first-order valence-electron chi connectivity index (χ1n) is 5.06. The van der Waals surface area contributed by atoms with E-state index in [0.29, 0.717) is 6.42 Å². The van der Waals surface area contributed by atoms with Crippen molar-refractivity contribution in [3.63, 3.8) is 0 Å². The molecular weight excluding hydrogens is 279 g/mol. The zero-order valence-corrected chi connectivity index (χ0v) is 9.86. The second kappa shape index (κ2) is 6.22. The maximum atomic E-state index is 12.6. The Bertz CT molecular complexity index is 392. The van der Waals surface area contributed by atoms with Crippen LogP contribution in [0, 0.1) is 0 Å². The maximum absolute atomic E-state index is 12.6. The van der Waals surface area contributed by atoms with Crippen LogP contribution in [0.15, 0.2) is 18.2 Å². The van der Waals surface area contributed by atoms with Gasteiger partial charge >= 0.3 is 6.36 Å². The van der Waals surface area contributed by atoms with Gasteiger partial charge in [0.25, 0.3) is 6.43 Å². The number of hydrogen-bond donors (Lipinski definition) is 0. The van der Waals surface area contributed by atoms with Crippen molar-refractivity contribution in [1.82, 2.24) is 0 Å². The molecular formula is C11H10ClF5O. The molecule has 0 aliphatic carbocycles. The molecule has 1 aromatic carbocycles. The zero-order valence-electron chi connectivity index (χ0n) is 9.11. The number of halogens is 6. The van der Waals surface area contributed by atoms with E-state index in [1.54, 1.807) is 0 Å². The predicted molar refractivity (Wildman–Crippen MR) is 57.1 cm³/mol. The predicted octanol–water partition coefficient (Wildman–Crippen LogP) is 4.69. The minimum absolute atomic E-state index is 0.118. The summed E-state index contributed by atoms with van der Waals surface area (Å²) < 4.78 is 64.9. The highest BCUT2D eigenvalue weighted by molar-refractivity contribution is 6.17. The molecule has 0 aliphatic rings. The summed E-state index contributed by atoms with van der Waals surface area (Å²) in [5.74, 6) is -0.260. The third-order valence-electron chi connectivity index (χ3n) is 2.16. The van der Waals surface area contributed by atoms with E-state index in [0.717, 1.165) is 18.2 Å². The Morgan fingerprint density at radius 1 is 1.22 bits per heavy atom. The molecule has 0 fully saturated rings. The smallest absolute Gasteiger partial charge is 0.406 e. The molecule has 0 aliphatic heterocycles. The topological polar surface area (TPSA) is 9.23 Å². The molecule has 1 nitrogen and oxygen atoms in total. The molecule has 0 amide bonds. The van der Waals surface area contributed by atoms with Gasteiger partial charge in [0.15, 0.2) is 0 Å². The van der Waals surface area contributed by atoms with Gasteiger partial charge in [0.2, 0.25) is 0 Å². The van der Waals surface area contributed by atoms with E-state index in [2.05, 4.69) is 4.74 Å². The first-order chi connectivity index (χ1) is 8.33. The summed E-state index contributed by atoms with van der Waals surface area (Å²) in [7, 11) is 0. The summed E-state index contributed by atoms with van der Waals surface area (Å²) in [6, 6.07) is 2.79. The number of rotatable bonds is 5. The standard InChI is InChI=1S/C11H10ClF5O/c12-5-1-2-7-6-8(18-11(15,16)17)3-4-9(7)10(13)14/h3-4,6,10H,1-2,5H2. The summed E-state index contributed by atoms with van der Waals surface area (Å²) in [5, 5.41) is 0. The summed E-state index contributed by atoms with van der Waals surface area (Å²) in [6.07, 6.45) is -7.00. The van der Waals surface area contributed by atoms with Gasteiger partial charge in [-0.25, -0.2) is 8.78 Å². The lowest BCUT2D eigenvalue weighted by Gasteiger charge is -2.13. The van der Waals surface area contributed by atoms with Gasteiger partial charge in [-0.05, 0) is 36.6 Å². The SMILES string of the molecule is FC(F)c1ccc(OC(F)(F)F)cc1CCCCl. The average molecular weight is 289 g/mol. The molecule has 0 atom stereocenters. The summed E-state index contributed by atoms with van der Waals surface area (Å²) in [4.78, 5) is 0. The largest absolute Gasteiger partial charge is 0.573 e. The van der Waals surface area contributed by atoms with E-state index in [4.69, 9.17) is 11.6 Å². The number of hydrogen-bond acceptors (Lipinski definition) is 1. The Labute approximate surface area is 106 Å². The van der Waals surface area contributed by atoms with Crippen LogP contribution >= 0.6 is 11.6 Å². The molecule has 102 valence electrons. The second-order valence-electron chi connectivity index (χ2n) is 3.50. The average Bonchev–Trinajstić information content (AvgIpc) is 2.23. The van der Waals surface area contributed by atoms with Crippen LogP contribution in [0.3, 0.4) is 0 Å². The summed E-state index contributed by atoms with van der Waals surface area (Å²) in [5.41, 5.74) is -0.179. The fraction of sp³-hybridized carbons (Fsp3) is 0.455. The van der Waals surface area contributed by atoms with Gasteiger partial charge in [0.1, 0.15) is 5.75 Å². The van der Waals surface area contributed by atoms with E-state index < -0.39 is 18.5 Å². The first-order valence-corrected chi connectivity index (χ1v) is 5.59. The highest BCUT2D eigenvalue weighted by Crippen LogP contribution is 2.30. The molecule has 0 bridgehead atoms. The van der Waals surface area contributed by atoms with Crippen LogP contribution in [0.4, 0.5) is 22.0 Å². The number of benzene rings is 1. The van der Waals surface area contributed by atoms with Crippen molar-refractivity contribution in [2.24, 2.45) is 0 Å². The van der Waals surface area contributed by atoms with Gasteiger partial charge in [-0.3, -0.25) is 0 Å². The zero-order chi connectivity index (χ0) is 13.8. The number of aryl methyl sites for hydroxylation is 1. The molecule has 0 N–H and O–H groups in total. The molecule has 0 saturated carbocycles. The van der Waals surface area contributed by atoms with E-state index in [9.17, 15) is 22.0 Å². The van der Waals surface area contributed by atoms with Gasteiger partial charge in [-0.15, -0.1) is 24.8 Å². The molecule has 1 aromatic rings. The van der Waals surface area contributed by atoms with Crippen molar-refractivity contribution < 1.29 is 26.7 Å². The molecule has 0 aromatic heterocycles. The molecule has 7 heteroatoms. The Morgan fingerprint density at radius 3 is 2.39 bits per heavy atom. The lowest BCUT2D eigenvalue weighted by Crippen LogP contribution is -2.17. The van der Waals surface area contributed by atoms with E-state index >= 15 is 0 Å². The van der Waals surface area contributed by atoms with Gasteiger partial charge in [-0.1, -0.05) is 0 Å². The molecule has 0 saturated heterocycles. The molecule has 0 unspecified atom stereocenters. The third-order valence-corrected chi connectivity index (χ3v) is 2.43. The molecule has 1 rings (SSSR count). The van der Waals surface area contributed by atoms with Crippen LogP contribution in [0.2, 0.25) is 0 Å². The maximum Gasteiger partial charge on any atom is 0.573 e. The molecule has 0 radical (unpaired) electrons. The minimum atomic E-state index is -4.84. The van der Waals surface area contributed by atoms with Crippen molar-refractivity contribution in [2.75, 3.05) is 5.88 Å². The van der Waals surface area contributed by atoms with E-state index in [-0.39, 0.29) is 23.4 Å². The molecule has 0 spiro atoms. The fourth-order valence-corrected chi connectivity index (χ4v) is 1.60. The van der Waals surface area contributed by atoms with Crippen LogP contribution in [0.25, 0.3) is 0 Å². The van der Waals surface area contributed by atoms with E-state index in [1.807, 2.05) is 0 Å². The van der Waals surface area contributed by atoms with Gasteiger partial charge in [0, 0.05) is 11.4 Å². The highest BCUT2D eigenvalue weighted by atomic mass is 35.5. The van der Waals surface area contributed by atoms with Gasteiger partial charge in [-0.2, -0.15) is 0 Å². The minimum Gasteiger partial charge on any atom is -0.406 e. The monoisotopic (exact) mass is 288 g/mol. The second-order valence-corrected chi connectivity index (χ2v) is 3.88. The van der Waals surface area contributed by atoms with Crippen molar-refractivity contribution in [3.05, 3.63) is 29.3 Å². The molecule has 0 heterocycles. The normalized spacial score (nSPS) is 11.9. The fourth-order valence-electron chi connectivity index (χ4n) is 1.47. The third kappa shape index (κ3) is 4.68. The Kier molecular flexibility index (Phi) is 5.19. The summed E-state index contributed by atoms with van der Waals surface area (Å²) >= 11 is 5.43. The van der Waals surface area contributed by atoms with Crippen LogP contribution in [-0.4, -0.2) is 12.2 Å². The van der Waals surface area contributed by atoms with Crippen LogP contribution < -0.4 is 4.74 Å². The first kappa shape index (κ1) is 15.0. The summed E-state index contributed by atoms with van der Waals surface area (Å²) in [6.45, 7) is 0. The Morgan fingerprint density at radius 2 is 1.89 bits per heavy atom. The van der Waals surface area contributed by atoms with Gasteiger partial charge < -0.3 is 4.74 Å². The van der Waals surface area contributed by atoms with Gasteiger partial charge in [0.05, 0.1) is 0 Å². The number of ether oxygens (including phenoxy) is 1. The van der Waals surface area contributed by atoms with Crippen molar-refractivity contribution in [2.45, 2.75) is 25.6 Å². The highest BCUT2D eigenvalue weighted by Gasteiger charge is 2.31. The van der Waals surface area contributed by atoms with Crippen molar-refractivity contribution in [1.29, 1.82) is 0 Å².